The number of piperidine rings is 1. The zero-order valence-electron chi connectivity index (χ0n) is 16.5. The zero-order chi connectivity index (χ0) is 20.6. The van der Waals surface area contributed by atoms with Gasteiger partial charge in [0.05, 0.1) is 20.5 Å². The maximum absolute atomic E-state index is 11.7. The van der Waals surface area contributed by atoms with Crippen LogP contribution in [0.3, 0.4) is 0 Å². The number of nitrogens with zero attached hydrogens (tertiary/aromatic N) is 5. The molecule has 29 heavy (non-hydrogen) atoms. The molecule has 2 aromatic heterocycles. The number of aromatic nitrogens is 4. The number of ether oxygens (including phenoxy) is 2. The Hall–Kier alpha value is -2.24. The fourth-order valence-corrected chi connectivity index (χ4v) is 5.36. The summed E-state index contributed by atoms with van der Waals surface area (Å²) in [6, 6.07) is 5.82. The van der Waals surface area contributed by atoms with Gasteiger partial charge >= 0.3 is 0 Å². The van der Waals surface area contributed by atoms with Crippen LogP contribution in [0.25, 0.3) is 4.96 Å². The molecule has 0 amide bonds. The number of benzene rings is 1. The lowest BCUT2D eigenvalue weighted by atomic mass is 9.97. The smallest absolute Gasteiger partial charge is 0.234 e. The minimum Gasteiger partial charge on any atom is -0.493 e. The van der Waals surface area contributed by atoms with E-state index in [9.17, 15) is 8.42 Å². The van der Waals surface area contributed by atoms with E-state index in [1.807, 2.05) is 22.7 Å². The first-order chi connectivity index (χ1) is 13.9. The summed E-state index contributed by atoms with van der Waals surface area (Å²) in [5, 5.41) is 14.2. The second-order valence-corrected chi connectivity index (χ2v) is 10.1. The van der Waals surface area contributed by atoms with E-state index in [0.29, 0.717) is 31.0 Å². The fraction of sp³-hybridized carbons (Fsp3) is 0.500. The Morgan fingerprint density at radius 2 is 1.86 bits per heavy atom. The molecule has 1 saturated heterocycles. The molecule has 1 aliphatic heterocycles. The quantitative estimate of drug-likeness (QED) is 0.581. The van der Waals surface area contributed by atoms with Crippen molar-refractivity contribution < 1.29 is 17.9 Å². The van der Waals surface area contributed by atoms with Gasteiger partial charge in [-0.05, 0) is 30.5 Å². The molecule has 9 nitrogen and oxygen atoms in total. The molecule has 0 aliphatic carbocycles. The van der Waals surface area contributed by atoms with Gasteiger partial charge in [0.2, 0.25) is 15.0 Å². The largest absolute Gasteiger partial charge is 0.493 e. The normalized spacial score (nSPS) is 16.4. The number of hydrogen-bond donors (Lipinski definition) is 0. The van der Waals surface area contributed by atoms with Crippen molar-refractivity contribution in [2.75, 3.05) is 33.6 Å². The molecular weight excluding hydrogens is 414 g/mol. The lowest BCUT2D eigenvalue weighted by Gasteiger charge is -2.28. The van der Waals surface area contributed by atoms with Gasteiger partial charge in [0.25, 0.3) is 0 Å². The number of fused-ring (bicyclic) bond motifs is 1. The predicted octanol–water partition coefficient (Wildman–Crippen LogP) is 1.93. The van der Waals surface area contributed by atoms with Crippen LogP contribution in [-0.2, 0) is 16.4 Å². The van der Waals surface area contributed by atoms with Crippen LogP contribution >= 0.6 is 11.3 Å². The topological polar surface area (TPSA) is 98.9 Å². The Morgan fingerprint density at radius 1 is 1.14 bits per heavy atom. The number of rotatable bonds is 6. The SMILES string of the molecule is COc1ccc(Cc2nn3c(C4CCN(S(C)(=O)=O)CC4)nnc3s2)cc1OC. The summed E-state index contributed by atoms with van der Waals surface area (Å²) in [6.07, 6.45) is 3.34. The molecular formula is C18H23N5O4S2. The van der Waals surface area contributed by atoms with Crippen LogP contribution in [-0.4, -0.2) is 66.1 Å². The number of hydrogen-bond acceptors (Lipinski definition) is 8. The van der Waals surface area contributed by atoms with Crippen molar-refractivity contribution in [3.05, 3.63) is 34.6 Å². The van der Waals surface area contributed by atoms with E-state index in [4.69, 9.17) is 14.6 Å². The van der Waals surface area contributed by atoms with Gasteiger partial charge in [-0.2, -0.15) is 9.61 Å². The Bertz CT molecular complexity index is 1120. The van der Waals surface area contributed by atoms with Gasteiger partial charge < -0.3 is 9.47 Å². The molecule has 3 aromatic rings. The van der Waals surface area contributed by atoms with Crippen LogP contribution in [0.1, 0.15) is 35.2 Å². The highest BCUT2D eigenvalue weighted by atomic mass is 32.2. The van der Waals surface area contributed by atoms with Crippen LogP contribution < -0.4 is 9.47 Å². The first kappa shape index (κ1) is 20.0. The Labute approximate surface area is 173 Å². The average Bonchev–Trinajstić information content (AvgIpc) is 3.27. The zero-order valence-corrected chi connectivity index (χ0v) is 18.2. The minimum absolute atomic E-state index is 0.152. The fourth-order valence-electron chi connectivity index (χ4n) is 3.61. The molecule has 156 valence electrons. The van der Waals surface area contributed by atoms with Gasteiger partial charge in [0.15, 0.2) is 17.3 Å². The molecule has 4 rings (SSSR count). The van der Waals surface area contributed by atoms with Crippen molar-refractivity contribution in [1.82, 2.24) is 24.1 Å². The Morgan fingerprint density at radius 3 is 2.52 bits per heavy atom. The lowest BCUT2D eigenvalue weighted by Crippen LogP contribution is -2.37. The second-order valence-electron chi connectivity index (χ2n) is 7.05. The van der Waals surface area contributed by atoms with Gasteiger partial charge in [0.1, 0.15) is 5.01 Å². The third kappa shape index (κ3) is 4.07. The first-order valence-corrected chi connectivity index (χ1v) is 11.9. The van der Waals surface area contributed by atoms with Crippen LogP contribution in [0.2, 0.25) is 0 Å². The third-order valence-corrected chi connectivity index (χ3v) is 7.35. The van der Waals surface area contributed by atoms with E-state index in [0.717, 1.165) is 34.2 Å². The summed E-state index contributed by atoms with van der Waals surface area (Å²) in [7, 11) is 0.0864. The summed E-state index contributed by atoms with van der Waals surface area (Å²) in [6.45, 7) is 1.00. The molecule has 0 spiro atoms. The van der Waals surface area contributed by atoms with Crippen molar-refractivity contribution in [2.45, 2.75) is 25.2 Å². The summed E-state index contributed by atoms with van der Waals surface area (Å²) in [5.41, 5.74) is 1.07. The molecule has 0 saturated carbocycles. The molecule has 11 heteroatoms. The van der Waals surface area contributed by atoms with E-state index < -0.39 is 10.0 Å². The Kier molecular flexibility index (Phi) is 5.45. The van der Waals surface area contributed by atoms with Crippen molar-refractivity contribution in [2.24, 2.45) is 0 Å². The van der Waals surface area contributed by atoms with Crippen LogP contribution in [0.15, 0.2) is 18.2 Å². The highest BCUT2D eigenvalue weighted by Crippen LogP contribution is 2.31. The molecule has 3 heterocycles. The van der Waals surface area contributed by atoms with Gasteiger partial charge in [0, 0.05) is 25.4 Å². The van der Waals surface area contributed by atoms with Crippen molar-refractivity contribution in [3.8, 4) is 11.5 Å². The molecule has 0 atom stereocenters. The lowest BCUT2D eigenvalue weighted by molar-refractivity contribution is 0.313. The highest BCUT2D eigenvalue weighted by Gasteiger charge is 2.29. The maximum Gasteiger partial charge on any atom is 0.234 e. The summed E-state index contributed by atoms with van der Waals surface area (Å²) < 4.78 is 37.4. The number of methoxy groups -OCH3 is 2. The van der Waals surface area contributed by atoms with E-state index in [2.05, 4.69) is 10.2 Å². The summed E-state index contributed by atoms with van der Waals surface area (Å²) >= 11 is 1.51. The second kappa shape index (κ2) is 7.88. The summed E-state index contributed by atoms with van der Waals surface area (Å²) in [4.78, 5) is 0.751. The van der Waals surface area contributed by atoms with Crippen molar-refractivity contribution in [1.29, 1.82) is 0 Å². The third-order valence-electron chi connectivity index (χ3n) is 5.15. The van der Waals surface area contributed by atoms with Gasteiger partial charge in [-0.25, -0.2) is 12.7 Å². The maximum atomic E-state index is 11.7. The average molecular weight is 438 g/mol. The highest BCUT2D eigenvalue weighted by molar-refractivity contribution is 7.88. The molecule has 0 radical (unpaired) electrons. The van der Waals surface area contributed by atoms with Crippen molar-refractivity contribution >= 4 is 26.3 Å². The molecule has 1 fully saturated rings. The Balaban J connectivity index is 1.52. The number of sulfonamides is 1. The standard InChI is InChI=1S/C18H23N5O4S2/c1-26-14-5-4-12(10-15(14)27-2)11-16-21-23-17(19-20-18(23)28-16)13-6-8-22(9-7-13)29(3,24)25/h4-5,10,13H,6-9,11H2,1-3H3. The molecule has 0 N–H and O–H groups in total. The van der Waals surface area contributed by atoms with Gasteiger partial charge in [-0.15, -0.1) is 10.2 Å². The molecule has 1 aromatic carbocycles. The molecule has 0 bridgehead atoms. The van der Waals surface area contributed by atoms with Crippen molar-refractivity contribution in [3.63, 3.8) is 0 Å². The van der Waals surface area contributed by atoms with E-state index in [-0.39, 0.29) is 5.92 Å². The van der Waals surface area contributed by atoms with E-state index in [1.54, 1.807) is 14.2 Å². The van der Waals surface area contributed by atoms with Crippen LogP contribution in [0.4, 0.5) is 0 Å². The van der Waals surface area contributed by atoms with E-state index in [1.165, 1.54) is 21.9 Å². The predicted molar refractivity (Wildman–Crippen MR) is 109 cm³/mol. The molecule has 1 aliphatic rings. The molecule has 0 unspecified atom stereocenters. The van der Waals surface area contributed by atoms with Gasteiger partial charge in [-0.1, -0.05) is 17.4 Å². The minimum atomic E-state index is -3.14. The monoisotopic (exact) mass is 437 g/mol. The van der Waals surface area contributed by atoms with Crippen LogP contribution in [0.5, 0.6) is 11.5 Å². The first-order valence-electron chi connectivity index (χ1n) is 9.26. The van der Waals surface area contributed by atoms with Crippen LogP contribution in [0, 0.1) is 0 Å². The summed E-state index contributed by atoms with van der Waals surface area (Å²) in [5.74, 6) is 2.34. The van der Waals surface area contributed by atoms with E-state index >= 15 is 0 Å². The van der Waals surface area contributed by atoms with Gasteiger partial charge in [-0.3, -0.25) is 0 Å².